The van der Waals surface area contributed by atoms with Crippen LogP contribution in [0.25, 0.3) is 0 Å². The summed E-state index contributed by atoms with van der Waals surface area (Å²) in [6.07, 6.45) is -1.06. The molecule has 2 amide bonds. The van der Waals surface area contributed by atoms with Crippen LogP contribution in [-0.4, -0.2) is 42.5 Å². The van der Waals surface area contributed by atoms with Crippen LogP contribution in [0.3, 0.4) is 0 Å². The van der Waals surface area contributed by atoms with E-state index in [0.29, 0.717) is 13.2 Å². The van der Waals surface area contributed by atoms with Gasteiger partial charge in [-0.1, -0.05) is 24.3 Å². The Bertz CT molecular complexity index is 636. The van der Waals surface area contributed by atoms with Crippen molar-refractivity contribution in [2.45, 2.75) is 24.8 Å². The summed E-state index contributed by atoms with van der Waals surface area (Å²) in [5.41, 5.74) is 0.721. The highest BCUT2D eigenvalue weighted by atomic mass is 32.1. The Labute approximate surface area is 144 Å². The fourth-order valence-electron chi connectivity index (χ4n) is 2.58. The minimum absolute atomic E-state index is 0.129. The largest absolute Gasteiger partial charge is 0.389 e. The SMILES string of the molecule is O=C(NC[C@H]1OC[C@@H](NCc2cccs2)[C@@H]1O)Nc1ccccc1. The quantitative estimate of drug-likeness (QED) is 0.642. The van der Waals surface area contributed by atoms with Crippen molar-refractivity contribution in [3.8, 4) is 0 Å². The first-order chi connectivity index (χ1) is 11.7. The van der Waals surface area contributed by atoms with Crippen LogP contribution in [0.15, 0.2) is 47.8 Å². The first-order valence-electron chi connectivity index (χ1n) is 7.88. The van der Waals surface area contributed by atoms with Gasteiger partial charge in [-0.05, 0) is 23.6 Å². The van der Waals surface area contributed by atoms with Gasteiger partial charge in [0.1, 0.15) is 6.10 Å². The lowest BCUT2D eigenvalue weighted by atomic mass is 10.1. The molecule has 0 bridgehead atoms. The molecule has 24 heavy (non-hydrogen) atoms. The number of nitrogens with one attached hydrogen (secondary N) is 3. The summed E-state index contributed by atoms with van der Waals surface area (Å²) in [7, 11) is 0. The predicted molar refractivity (Wildman–Crippen MR) is 94.2 cm³/mol. The van der Waals surface area contributed by atoms with Crippen molar-refractivity contribution in [1.82, 2.24) is 10.6 Å². The van der Waals surface area contributed by atoms with E-state index in [2.05, 4.69) is 16.0 Å². The number of thiophene rings is 1. The molecule has 1 aromatic heterocycles. The average Bonchev–Trinajstić information content (AvgIpc) is 3.22. The minimum atomic E-state index is -0.651. The van der Waals surface area contributed by atoms with Gasteiger partial charge >= 0.3 is 6.03 Å². The van der Waals surface area contributed by atoms with Gasteiger partial charge in [-0.2, -0.15) is 0 Å². The second kappa shape index (κ2) is 8.25. The molecule has 3 atom stereocenters. The lowest BCUT2D eigenvalue weighted by Crippen LogP contribution is -2.45. The van der Waals surface area contributed by atoms with E-state index in [4.69, 9.17) is 4.74 Å². The highest BCUT2D eigenvalue weighted by Gasteiger charge is 2.35. The summed E-state index contributed by atoms with van der Waals surface area (Å²) < 4.78 is 5.60. The number of amides is 2. The van der Waals surface area contributed by atoms with E-state index in [1.165, 1.54) is 4.88 Å². The summed E-state index contributed by atoms with van der Waals surface area (Å²) in [6.45, 7) is 1.40. The summed E-state index contributed by atoms with van der Waals surface area (Å²) in [5, 5.41) is 21.1. The van der Waals surface area contributed by atoms with Gasteiger partial charge in [-0.25, -0.2) is 4.79 Å². The Kier molecular flexibility index (Phi) is 5.81. The fourth-order valence-corrected chi connectivity index (χ4v) is 3.23. The monoisotopic (exact) mass is 347 g/mol. The molecule has 0 saturated carbocycles. The smallest absolute Gasteiger partial charge is 0.319 e. The van der Waals surface area contributed by atoms with Gasteiger partial charge in [0.05, 0.1) is 18.8 Å². The third-order valence-corrected chi connectivity index (χ3v) is 4.77. The second-order valence-electron chi connectivity index (χ2n) is 5.63. The highest BCUT2D eigenvalue weighted by molar-refractivity contribution is 7.09. The maximum Gasteiger partial charge on any atom is 0.319 e. The molecule has 3 rings (SSSR count). The zero-order valence-electron chi connectivity index (χ0n) is 13.1. The molecule has 1 aliphatic rings. The lowest BCUT2D eigenvalue weighted by Gasteiger charge is -2.18. The van der Waals surface area contributed by atoms with Crippen LogP contribution >= 0.6 is 11.3 Å². The van der Waals surface area contributed by atoms with E-state index in [0.717, 1.165) is 5.69 Å². The Hall–Kier alpha value is -1.93. The molecule has 4 N–H and O–H groups in total. The van der Waals surface area contributed by atoms with Crippen LogP contribution in [0.4, 0.5) is 10.5 Å². The molecule has 0 unspecified atom stereocenters. The van der Waals surface area contributed by atoms with Gasteiger partial charge in [0.25, 0.3) is 0 Å². The van der Waals surface area contributed by atoms with E-state index in [1.807, 2.05) is 47.8 Å². The molecule has 2 aromatic rings. The van der Waals surface area contributed by atoms with Crippen molar-refractivity contribution in [1.29, 1.82) is 0 Å². The van der Waals surface area contributed by atoms with Crippen molar-refractivity contribution in [2.75, 3.05) is 18.5 Å². The first-order valence-corrected chi connectivity index (χ1v) is 8.75. The first kappa shape index (κ1) is 16.9. The van der Waals surface area contributed by atoms with E-state index in [-0.39, 0.29) is 18.6 Å². The van der Waals surface area contributed by atoms with Crippen molar-refractivity contribution in [2.24, 2.45) is 0 Å². The third kappa shape index (κ3) is 4.55. The van der Waals surface area contributed by atoms with Crippen molar-refractivity contribution >= 4 is 23.1 Å². The van der Waals surface area contributed by atoms with Gasteiger partial charge in [0, 0.05) is 23.7 Å². The maximum absolute atomic E-state index is 11.9. The van der Waals surface area contributed by atoms with Crippen LogP contribution in [0.1, 0.15) is 4.88 Å². The van der Waals surface area contributed by atoms with Gasteiger partial charge in [-0.15, -0.1) is 11.3 Å². The zero-order valence-corrected chi connectivity index (χ0v) is 14.0. The van der Waals surface area contributed by atoms with E-state index in [1.54, 1.807) is 11.3 Å². The zero-order chi connectivity index (χ0) is 16.8. The number of carbonyl (C=O) groups excluding carboxylic acids is 1. The number of para-hydroxylation sites is 1. The number of carbonyl (C=O) groups is 1. The van der Waals surface area contributed by atoms with Crippen LogP contribution in [-0.2, 0) is 11.3 Å². The molecule has 1 aromatic carbocycles. The molecule has 0 radical (unpaired) electrons. The van der Waals surface area contributed by atoms with Gasteiger partial charge in [-0.3, -0.25) is 0 Å². The number of ether oxygens (including phenoxy) is 1. The van der Waals surface area contributed by atoms with Crippen LogP contribution in [0.5, 0.6) is 0 Å². The number of aliphatic hydroxyl groups excluding tert-OH is 1. The molecule has 0 aliphatic carbocycles. The van der Waals surface area contributed by atoms with Crippen LogP contribution in [0.2, 0.25) is 0 Å². The molecular formula is C17H21N3O3S. The van der Waals surface area contributed by atoms with E-state index >= 15 is 0 Å². The second-order valence-corrected chi connectivity index (χ2v) is 6.66. The number of rotatable bonds is 6. The third-order valence-electron chi connectivity index (χ3n) is 3.90. The average molecular weight is 347 g/mol. The molecule has 2 heterocycles. The number of anilines is 1. The molecule has 1 aliphatic heterocycles. The Morgan fingerprint density at radius 2 is 2.08 bits per heavy atom. The Morgan fingerprint density at radius 3 is 2.83 bits per heavy atom. The van der Waals surface area contributed by atoms with E-state index in [9.17, 15) is 9.90 Å². The Morgan fingerprint density at radius 1 is 1.25 bits per heavy atom. The summed E-state index contributed by atoms with van der Waals surface area (Å²) in [6, 6.07) is 12.8. The summed E-state index contributed by atoms with van der Waals surface area (Å²) in [4.78, 5) is 13.1. The molecular weight excluding hydrogens is 326 g/mol. The van der Waals surface area contributed by atoms with Gasteiger partial charge in [0.15, 0.2) is 0 Å². The fraction of sp³-hybridized carbons (Fsp3) is 0.353. The lowest BCUT2D eigenvalue weighted by molar-refractivity contribution is 0.0428. The molecule has 0 spiro atoms. The predicted octanol–water partition coefficient (Wildman–Crippen LogP) is 1.79. The van der Waals surface area contributed by atoms with E-state index < -0.39 is 12.2 Å². The topological polar surface area (TPSA) is 82.6 Å². The van der Waals surface area contributed by atoms with Crippen LogP contribution < -0.4 is 16.0 Å². The standard InChI is InChI=1S/C17H21N3O3S/c21-16-14(18-9-13-7-4-8-24-13)11-23-15(16)10-19-17(22)20-12-5-2-1-3-6-12/h1-8,14-16,18,21H,9-11H2,(H2,19,20,22)/t14-,15-,16+/m1/s1. The minimum Gasteiger partial charge on any atom is -0.389 e. The maximum atomic E-state index is 11.9. The molecule has 7 heteroatoms. The normalized spacial score (nSPS) is 23.1. The summed E-state index contributed by atoms with van der Waals surface area (Å²) >= 11 is 1.67. The number of hydrogen-bond donors (Lipinski definition) is 4. The van der Waals surface area contributed by atoms with Gasteiger partial charge in [0.2, 0.25) is 0 Å². The van der Waals surface area contributed by atoms with Crippen molar-refractivity contribution in [3.05, 3.63) is 52.7 Å². The van der Waals surface area contributed by atoms with Crippen LogP contribution in [0, 0.1) is 0 Å². The molecule has 1 saturated heterocycles. The molecule has 6 nitrogen and oxygen atoms in total. The Balaban J connectivity index is 1.40. The van der Waals surface area contributed by atoms with Gasteiger partial charge < -0.3 is 25.8 Å². The summed E-state index contributed by atoms with van der Waals surface area (Å²) in [5.74, 6) is 0. The highest BCUT2D eigenvalue weighted by Crippen LogP contribution is 2.16. The van der Waals surface area contributed by atoms with Crippen molar-refractivity contribution < 1.29 is 14.6 Å². The molecule has 1 fully saturated rings. The molecule has 128 valence electrons. The van der Waals surface area contributed by atoms with Crippen molar-refractivity contribution in [3.63, 3.8) is 0 Å². The number of hydrogen-bond acceptors (Lipinski definition) is 5. The number of urea groups is 1. The number of aliphatic hydroxyl groups is 1. The number of benzene rings is 1.